The van der Waals surface area contributed by atoms with E-state index in [1.165, 1.54) is 37.7 Å². The highest BCUT2D eigenvalue weighted by molar-refractivity contribution is 9.10. The lowest BCUT2D eigenvalue weighted by Gasteiger charge is -2.02. The van der Waals surface area contributed by atoms with E-state index >= 15 is 0 Å². The summed E-state index contributed by atoms with van der Waals surface area (Å²) >= 11 is 3.42. The molecule has 0 atom stereocenters. The smallest absolute Gasteiger partial charge is 0.258 e. The third kappa shape index (κ3) is 6.17. The molecule has 0 unspecified atom stereocenters. The first-order valence-electron chi connectivity index (χ1n) is 9.61. The molecule has 4 heteroatoms. The monoisotopic (exact) mass is 424 g/mol. The van der Waals surface area contributed by atoms with Crippen LogP contribution in [-0.4, -0.2) is 10.1 Å². The van der Waals surface area contributed by atoms with E-state index in [1.807, 2.05) is 36.4 Å². The maximum absolute atomic E-state index is 5.34. The highest BCUT2D eigenvalue weighted by Gasteiger charge is 2.06. The number of hydrogen-bond acceptors (Lipinski definition) is 3. The van der Waals surface area contributed by atoms with Crippen molar-refractivity contribution >= 4 is 28.1 Å². The van der Waals surface area contributed by atoms with Crippen molar-refractivity contribution in [2.24, 2.45) is 0 Å². The van der Waals surface area contributed by atoms with E-state index in [-0.39, 0.29) is 0 Å². The third-order valence-corrected chi connectivity index (χ3v) is 5.04. The molecule has 140 valence electrons. The molecule has 0 fully saturated rings. The lowest BCUT2D eigenvalue weighted by molar-refractivity contribution is 0.429. The van der Waals surface area contributed by atoms with Crippen molar-refractivity contribution in [1.82, 2.24) is 10.1 Å². The molecule has 0 saturated carbocycles. The van der Waals surface area contributed by atoms with Crippen LogP contribution in [0.3, 0.4) is 0 Å². The van der Waals surface area contributed by atoms with Crippen LogP contribution in [0.2, 0.25) is 0 Å². The molecular formula is C23H25BrN2O. The first kappa shape index (κ1) is 19.6. The Kier molecular flexibility index (Phi) is 7.40. The zero-order chi connectivity index (χ0) is 18.9. The molecule has 3 nitrogen and oxygen atoms in total. The molecular weight excluding hydrogens is 400 g/mol. The lowest BCUT2D eigenvalue weighted by Crippen LogP contribution is -1.86. The summed E-state index contributed by atoms with van der Waals surface area (Å²) in [5.74, 6) is 1.11. The van der Waals surface area contributed by atoms with Crippen LogP contribution in [-0.2, 0) is 6.42 Å². The standard InChI is InChI=1S/C23H25BrN2O/c1-2-3-4-5-6-7-18-8-10-19(11-9-18)12-17-22-25-23(27-26-22)20-13-15-21(24)16-14-20/h8-17H,2-7H2,1H3/b17-12+. The maximum Gasteiger partial charge on any atom is 0.258 e. The van der Waals surface area contributed by atoms with Gasteiger partial charge in [0.25, 0.3) is 5.89 Å². The second-order valence-electron chi connectivity index (χ2n) is 6.70. The van der Waals surface area contributed by atoms with Crippen molar-refractivity contribution in [3.8, 4) is 11.5 Å². The fourth-order valence-electron chi connectivity index (χ4n) is 2.91. The second-order valence-corrected chi connectivity index (χ2v) is 7.62. The maximum atomic E-state index is 5.34. The van der Waals surface area contributed by atoms with Gasteiger partial charge in [0, 0.05) is 10.0 Å². The summed E-state index contributed by atoms with van der Waals surface area (Å²) in [7, 11) is 0. The van der Waals surface area contributed by atoms with Crippen molar-refractivity contribution in [2.45, 2.75) is 45.4 Å². The molecule has 0 radical (unpaired) electrons. The van der Waals surface area contributed by atoms with Gasteiger partial charge in [-0.1, -0.05) is 84.0 Å². The lowest BCUT2D eigenvalue weighted by atomic mass is 10.0. The molecule has 0 aliphatic rings. The van der Waals surface area contributed by atoms with Gasteiger partial charge in [0.05, 0.1) is 0 Å². The van der Waals surface area contributed by atoms with Crippen LogP contribution in [0.25, 0.3) is 23.6 Å². The van der Waals surface area contributed by atoms with Gasteiger partial charge in [0.1, 0.15) is 0 Å². The summed E-state index contributed by atoms with van der Waals surface area (Å²) in [5, 5.41) is 4.03. The third-order valence-electron chi connectivity index (χ3n) is 4.51. The normalized spacial score (nSPS) is 11.3. The number of unbranched alkanes of at least 4 members (excludes halogenated alkanes) is 4. The van der Waals surface area contributed by atoms with Crippen LogP contribution in [0.15, 0.2) is 57.5 Å². The van der Waals surface area contributed by atoms with Crippen LogP contribution in [0.1, 0.15) is 56.0 Å². The number of nitrogens with zero attached hydrogens (tertiary/aromatic N) is 2. The van der Waals surface area contributed by atoms with Gasteiger partial charge in [0.2, 0.25) is 0 Å². The molecule has 0 spiro atoms. The zero-order valence-electron chi connectivity index (χ0n) is 15.7. The number of benzene rings is 2. The van der Waals surface area contributed by atoms with Crippen molar-refractivity contribution < 1.29 is 4.52 Å². The second kappa shape index (κ2) is 10.2. The Morgan fingerprint density at radius 1 is 0.889 bits per heavy atom. The number of aryl methyl sites for hydroxylation is 1. The van der Waals surface area contributed by atoms with Gasteiger partial charge in [-0.25, -0.2) is 0 Å². The Morgan fingerprint density at radius 3 is 2.37 bits per heavy atom. The van der Waals surface area contributed by atoms with Crippen molar-refractivity contribution in [3.05, 3.63) is 70.0 Å². The van der Waals surface area contributed by atoms with Gasteiger partial charge in [0.15, 0.2) is 5.82 Å². The molecule has 1 heterocycles. The van der Waals surface area contributed by atoms with Crippen LogP contribution in [0.5, 0.6) is 0 Å². The fourth-order valence-corrected chi connectivity index (χ4v) is 3.18. The van der Waals surface area contributed by atoms with Gasteiger partial charge < -0.3 is 4.52 Å². The molecule has 3 aromatic rings. The average Bonchev–Trinajstić information content (AvgIpc) is 3.17. The number of halogens is 1. The summed E-state index contributed by atoms with van der Waals surface area (Å²) < 4.78 is 6.37. The van der Waals surface area contributed by atoms with Gasteiger partial charge in [-0.3, -0.25) is 0 Å². The Balaban J connectivity index is 1.54. The first-order chi connectivity index (χ1) is 13.2. The zero-order valence-corrected chi connectivity index (χ0v) is 17.3. The van der Waals surface area contributed by atoms with Gasteiger partial charge in [-0.05, 0) is 54.3 Å². The van der Waals surface area contributed by atoms with Crippen LogP contribution < -0.4 is 0 Å². The highest BCUT2D eigenvalue weighted by atomic mass is 79.9. The molecule has 27 heavy (non-hydrogen) atoms. The molecule has 0 bridgehead atoms. The van der Waals surface area contributed by atoms with Crippen LogP contribution in [0.4, 0.5) is 0 Å². The fraction of sp³-hybridized carbons (Fsp3) is 0.304. The van der Waals surface area contributed by atoms with E-state index in [9.17, 15) is 0 Å². The van der Waals surface area contributed by atoms with E-state index in [1.54, 1.807) is 0 Å². The van der Waals surface area contributed by atoms with E-state index in [2.05, 4.69) is 57.3 Å². The molecule has 0 amide bonds. The molecule has 0 N–H and O–H groups in total. The van der Waals surface area contributed by atoms with Gasteiger partial charge in [-0.15, -0.1) is 0 Å². The van der Waals surface area contributed by atoms with Gasteiger partial charge in [-0.2, -0.15) is 4.98 Å². The Labute approximate surface area is 169 Å². The average molecular weight is 425 g/mol. The molecule has 2 aromatic carbocycles. The predicted octanol–water partition coefficient (Wildman–Crippen LogP) is 7.18. The van der Waals surface area contributed by atoms with Gasteiger partial charge >= 0.3 is 0 Å². The highest BCUT2D eigenvalue weighted by Crippen LogP contribution is 2.20. The molecule has 1 aromatic heterocycles. The minimum Gasteiger partial charge on any atom is -0.334 e. The van der Waals surface area contributed by atoms with Crippen LogP contribution in [0, 0.1) is 0 Å². The quantitative estimate of drug-likeness (QED) is 0.341. The number of hydrogen-bond donors (Lipinski definition) is 0. The molecule has 0 aliphatic heterocycles. The van der Waals surface area contributed by atoms with E-state index in [0.29, 0.717) is 11.7 Å². The molecule has 0 saturated heterocycles. The number of aromatic nitrogens is 2. The van der Waals surface area contributed by atoms with Crippen LogP contribution >= 0.6 is 15.9 Å². The largest absolute Gasteiger partial charge is 0.334 e. The van der Waals surface area contributed by atoms with Crippen molar-refractivity contribution in [1.29, 1.82) is 0 Å². The summed E-state index contributed by atoms with van der Waals surface area (Å²) in [4.78, 5) is 4.43. The SMILES string of the molecule is CCCCCCCc1ccc(/C=C/c2noc(-c3ccc(Br)cc3)n2)cc1. The van der Waals surface area contributed by atoms with Crippen molar-refractivity contribution in [3.63, 3.8) is 0 Å². The summed E-state index contributed by atoms with van der Waals surface area (Å²) in [6, 6.07) is 16.5. The Hall–Kier alpha value is -2.20. The summed E-state index contributed by atoms with van der Waals surface area (Å²) in [6.45, 7) is 2.25. The Morgan fingerprint density at radius 2 is 1.63 bits per heavy atom. The topological polar surface area (TPSA) is 38.9 Å². The number of rotatable bonds is 9. The Bertz CT molecular complexity index is 851. The first-order valence-corrected chi connectivity index (χ1v) is 10.4. The summed E-state index contributed by atoms with van der Waals surface area (Å²) in [5.41, 5.74) is 3.45. The molecule has 0 aliphatic carbocycles. The van der Waals surface area contributed by atoms with Crippen molar-refractivity contribution in [2.75, 3.05) is 0 Å². The minimum atomic E-state index is 0.528. The van der Waals surface area contributed by atoms with E-state index < -0.39 is 0 Å². The van der Waals surface area contributed by atoms with E-state index in [0.717, 1.165) is 22.0 Å². The predicted molar refractivity (Wildman–Crippen MR) is 115 cm³/mol. The van der Waals surface area contributed by atoms with E-state index in [4.69, 9.17) is 4.52 Å². The molecule has 3 rings (SSSR count). The minimum absolute atomic E-state index is 0.528. The summed E-state index contributed by atoms with van der Waals surface area (Å²) in [6.07, 6.45) is 11.7.